The number of carbonyl (C=O) groups excluding carboxylic acids is 2. The summed E-state index contributed by atoms with van der Waals surface area (Å²) < 4.78 is 4.35. The highest BCUT2D eigenvalue weighted by Crippen LogP contribution is 1.88. The Labute approximate surface area is 88.9 Å². The Morgan fingerprint density at radius 3 is 1.80 bits per heavy atom. The fraction of sp³-hybridized carbons (Fsp3) is 0.400. The lowest BCUT2D eigenvalue weighted by molar-refractivity contribution is -0.229. The molecule has 0 rings (SSSR count). The van der Waals surface area contributed by atoms with Crippen LogP contribution >= 0.6 is 0 Å². The van der Waals surface area contributed by atoms with Gasteiger partial charge >= 0.3 is 11.9 Å². The molecule has 86 valence electrons. The Hall–Kier alpha value is -1.62. The molecule has 0 aliphatic rings. The van der Waals surface area contributed by atoms with Crippen LogP contribution in [0.4, 0.5) is 0 Å². The smallest absolute Gasteiger partial charge is 0.367 e. The number of esters is 1. The first-order chi connectivity index (χ1) is 6.84. The highest BCUT2D eigenvalue weighted by molar-refractivity contribution is 5.86. The van der Waals surface area contributed by atoms with Gasteiger partial charge in [-0.1, -0.05) is 12.2 Å². The first kappa shape index (κ1) is 15.8. The van der Waals surface area contributed by atoms with Crippen LogP contribution in [0.1, 0.15) is 20.8 Å². The number of hydrogen-bond donors (Lipinski definition) is 1. The standard InChI is InChI=1S/C6H10O2.C4H6O3/c1-5(2)4-6(7)8-3;1-3(2)4(5)7-6/h4H,1-3H3;6H,1H2,2H3. The Morgan fingerprint density at radius 2 is 1.73 bits per heavy atom. The lowest BCUT2D eigenvalue weighted by Gasteiger charge is -1.89. The molecule has 0 radical (unpaired) electrons. The number of methoxy groups -OCH3 is 1. The van der Waals surface area contributed by atoms with Crippen molar-refractivity contribution in [1.29, 1.82) is 0 Å². The third-order valence-electron chi connectivity index (χ3n) is 1.04. The largest absolute Gasteiger partial charge is 0.466 e. The van der Waals surface area contributed by atoms with Crippen LogP contribution in [-0.4, -0.2) is 24.3 Å². The summed E-state index contributed by atoms with van der Waals surface area (Å²) in [6.45, 7) is 8.32. The van der Waals surface area contributed by atoms with Crippen LogP contribution in [0.15, 0.2) is 23.8 Å². The predicted molar refractivity (Wildman–Crippen MR) is 55.0 cm³/mol. The van der Waals surface area contributed by atoms with E-state index in [-0.39, 0.29) is 11.5 Å². The van der Waals surface area contributed by atoms with E-state index in [0.29, 0.717) is 0 Å². The van der Waals surface area contributed by atoms with E-state index in [2.05, 4.69) is 16.2 Å². The molecule has 0 bridgehead atoms. The van der Waals surface area contributed by atoms with Gasteiger partial charge in [0, 0.05) is 11.6 Å². The maximum atomic E-state index is 10.3. The van der Waals surface area contributed by atoms with Crippen LogP contribution in [0.25, 0.3) is 0 Å². The van der Waals surface area contributed by atoms with Crippen molar-refractivity contribution in [3.05, 3.63) is 23.8 Å². The highest BCUT2D eigenvalue weighted by atomic mass is 17.1. The minimum absolute atomic E-state index is 0.183. The molecule has 15 heavy (non-hydrogen) atoms. The molecule has 1 N–H and O–H groups in total. The zero-order chi connectivity index (χ0) is 12.4. The van der Waals surface area contributed by atoms with Crippen LogP contribution in [0, 0.1) is 0 Å². The summed E-state index contributed by atoms with van der Waals surface area (Å²) in [5.41, 5.74) is 1.14. The van der Waals surface area contributed by atoms with Crippen molar-refractivity contribution in [2.24, 2.45) is 0 Å². The lowest BCUT2D eigenvalue weighted by Crippen LogP contribution is -1.99. The third-order valence-corrected chi connectivity index (χ3v) is 1.04. The number of rotatable bonds is 2. The normalized spacial score (nSPS) is 7.80. The van der Waals surface area contributed by atoms with E-state index in [1.54, 1.807) is 0 Å². The summed E-state index contributed by atoms with van der Waals surface area (Å²) in [6.07, 6.45) is 1.44. The molecule has 0 aromatic heterocycles. The van der Waals surface area contributed by atoms with Crippen LogP contribution in [-0.2, 0) is 19.2 Å². The first-order valence-electron chi connectivity index (χ1n) is 4.09. The SMILES string of the molecule is C=C(C)C(=O)OO.COC(=O)C=C(C)C. The van der Waals surface area contributed by atoms with E-state index in [9.17, 15) is 9.59 Å². The van der Waals surface area contributed by atoms with Gasteiger partial charge in [0.2, 0.25) is 0 Å². The molecule has 5 heteroatoms. The summed E-state index contributed by atoms with van der Waals surface area (Å²) in [5.74, 6) is -1.08. The molecule has 0 aromatic carbocycles. The second kappa shape index (κ2) is 8.96. The van der Waals surface area contributed by atoms with Gasteiger partial charge in [-0.05, 0) is 20.8 Å². The average molecular weight is 216 g/mol. The molecule has 0 aliphatic heterocycles. The number of carbonyl (C=O) groups is 2. The molecule has 0 saturated heterocycles. The Balaban J connectivity index is 0. The topological polar surface area (TPSA) is 72.8 Å². The van der Waals surface area contributed by atoms with E-state index < -0.39 is 5.97 Å². The van der Waals surface area contributed by atoms with Crippen molar-refractivity contribution in [2.75, 3.05) is 7.11 Å². The van der Waals surface area contributed by atoms with E-state index in [1.807, 2.05) is 13.8 Å². The third kappa shape index (κ3) is 12.4. The molecule has 0 atom stereocenters. The first-order valence-corrected chi connectivity index (χ1v) is 4.09. The Morgan fingerprint density at radius 1 is 1.27 bits per heavy atom. The summed E-state index contributed by atoms with van der Waals surface area (Å²) in [7, 11) is 1.36. The molecule has 0 aromatic rings. The molecular formula is C10H16O5. The van der Waals surface area contributed by atoms with E-state index >= 15 is 0 Å². The van der Waals surface area contributed by atoms with E-state index in [4.69, 9.17) is 5.26 Å². The molecule has 0 saturated carbocycles. The minimum Gasteiger partial charge on any atom is -0.466 e. The maximum absolute atomic E-state index is 10.3. The van der Waals surface area contributed by atoms with Crippen molar-refractivity contribution < 1.29 is 24.5 Å². The summed E-state index contributed by atoms with van der Waals surface area (Å²) in [4.78, 5) is 23.5. The number of hydrogen-bond acceptors (Lipinski definition) is 5. The van der Waals surface area contributed by atoms with Gasteiger partial charge < -0.3 is 4.74 Å². The number of allylic oxidation sites excluding steroid dienone is 1. The Bertz CT molecular complexity index is 261. The summed E-state index contributed by atoms with van der Waals surface area (Å²) >= 11 is 0. The van der Waals surface area contributed by atoms with Gasteiger partial charge in [0.1, 0.15) is 0 Å². The van der Waals surface area contributed by atoms with Gasteiger partial charge in [-0.15, -0.1) is 0 Å². The van der Waals surface area contributed by atoms with Gasteiger partial charge in [-0.25, -0.2) is 9.59 Å². The molecule has 0 spiro atoms. The quantitative estimate of drug-likeness (QED) is 0.329. The van der Waals surface area contributed by atoms with Crippen LogP contribution in [0.3, 0.4) is 0 Å². The van der Waals surface area contributed by atoms with Crippen molar-refractivity contribution in [3.8, 4) is 0 Å². The van der Waals surface area contributed by atoms with Crippen molar-refractivity contribution in [1.82, 2.24) is 0 Å². The van der Waals surface area contributed by atoms with E-state index in [1.165, 1.54) is 20.1 Å². The van der Waals surface area contributed by atoms with Gasteiger partial charge in [-0.3, -0.25) is 4.89 Å². The fourth-order valence-electron chi connectivity index (χ4n) is 0.373. The minimum atomic E-state index is -0.792. The van der Waals surface area contributed by atoms with Crippen LogP contribution < -0.4 is 0 Å². The van der Waals surface area contributed by atoms with Crippen LogP contribution in [0.2, 0.25) is 0 Å². The predicted octanol–water partition coefficient (Wildman–Crippen LogP) is 1.70. The molecule has 0 amide bonds. The van der Waals surface area contributed by atoms with E-state index in [0.717, 1.165) is 5.57 Å². The molecular weight excluding hydrogens is 200 g/mol. The van der Waals surface area contributed by atoms with Crippen molar-refractivity contribution >= 4 is 11.9 Å². The monoisotopic (exact) mass is 216 g/mol. The van der Waals surface area contributed by atoms with Crippen LogP contribution in [0.5, 0.6) is 0 Å². The van der Waals surface area contributed by atoms with Gasteiger partial charge in [-0.2, -0.15) is 5.26 Å². The average Bonchev–Trinajstić information content (AvgIpc) is 2.16. The fourth-order valence-corrected chi connectivity index (χ4v) is 0.373. The van der Waals surface area contributed by atoms with Crippen molar-refractivity contribution in [3.63, 3.8) is 0 Å². The molecule has 0 aliphatic carbocycles. The van der Waals surface area contributed by atoms with Gasteiger partial charge in [0.05, 0.1) is 7.11 Å². The van der Waals surface area contributed by atoms with Gasteiger partial charge in [0.25, 0.3) is 0 Å². The Kier molecular flexibility index (Phi) is 9.45. The summed E-state index contributed by atoms with van der Waals surface area (Å²) in [6, 6.07) is 0. The summed E-state index contributed by atoms with van der Waals surface area (Å²) in [5, 5.41) is 7.59. The molecule has 0 unspecified atom stereocenters. The molecule has 5 nitrogen and oxygen atoms in total. The molecule has 0 heterocycles. The number of ether oxygens (including phenoxy) is 1. The highest BCUT2D eigenvalue weighted by Gasteiger charge is 1.98. The second-order valence-corrected chi connectivity index (χ2v) is 2.90. The second-order valence-electron chi connectivity index (χ2n) is 2.90. The van der Waals surface area contributed by atoms with Crippen molar-refractivity contribution in [2.45, 2.75) is 20.8 Å². The maximum Gasteiger partial charge on any atom is 0.367 e. The molecule has 0 fully saturated rings. The zero-order valence-corrected chi connectivity index (χ0v) is 9.36. The lowest BCUT2D eigenvalue weighted by atomic mass is 10.3. The van der Waals surface area contributed by atoms with Gasteiger partial charge in [0.15, 0.2) is 0 Å². The zero-order valence-electron chi connectivity index (χ0n) is 9.36.